The van der Waals surface area contributed by atoms with Crippen LogP contribution in [0, 0.1) is 0 Å². The molecule has 0 amide bonds. The van der Waals surface area contributed by atoms with Gasteiger partial charge in [0.05, 0.1) is 12.1 Å². The van der Waals surface area contributed by atoms with Crippen LogP contribution in [0.1, 0.15) is 76.3 Å². The zero-order valence-electron chi connectivity index (χ0n) is 24.1. The maximum absolute atomic E-state index is 14.1. The Morgan fingerprint density at radius 1 is 0.625 bits per heavy atom. The maximum atomic E-state index is 14.1. The summed E-state index contributed by atoms with van der Waals surface area (Å²) < 4.78 is 20.6. The summed E-state index contributed by atoms with van der Waals surface area (Å²) in [6.07, 6.45) is 8.97. The molecular formula is C35H43NO4. The highest BCUT2D eigenvalue weighted by Gasteiger charge is 2.21. The van der Waals surface area contributed by atoms with Crippen molar-refractivity contribution in [3.05, 3.63) is 100 Å². The standard InChI is InChI=1S/C35H43NO4/c1-3-5-7-8-9-16-23-36-32-25-30(38-24-6-4-2)21-22-31(32)33(39-26-28-17-12-10-13-18-28)34(35(36)37)40-27-29-19-14-11-15-20-29/h10-15,17-22,25H,3-9,16,23-24,26-27H2,1-2H3. The van der Waals surface area contributed by atoms with Gasteiger partial charge >= 0.3 is 0 Å². The van der Waals surface area contributed by atoms with Crippen molar-refractivity contribution >= 4 is 10.9 Å². The van der Waals surface area contributed by atoms with Crippen molar-refractivity contribution in [1.82, 2.24) is 4.57 Å². The van der Waals surface area contributed by atoms with Gasteiger partial charge in [-0.2, -0.15) is 0 Å². The molecule has 1 heterocycles. The minimum Gasteiger partial charge on any atom is -0.494 e. The molecule has 0 saturated heterocycles. The number of ether oxygens (including phenoxy) is 3. The molecule has 0 unspecified atom stereocenters. The molecule has 0 aliphatic carbocycles. The third-order valence-electron chi connectivity index (χ3n) is 7.10. The van der Waals surface area contributed by atoms with E-state index < -0.39 is 0 Å². The van der Waals surface area contributed by atoms with Gasteiger partial charge < -0.3 is 18.8 Å². The van der Waals surface area contributed by atoms with E-state index in [1.165, 1.54) is 25.7 Å². The number of pyridine rings is 1. The third-order valence-corrected chi connectivity index (χ3v) is 7.10. The van der Waals surface area contributed by atoms with Gasteiger partial charge in [0.15, 0.2) is 5.75 Å². The fraction of sp³-hybridized carbons (Fsp3) is 0.400. The number of aromatic nitrogens is 1. The molecule has 1 aromatic heterocycles. The normalized spacial score (nSPS) is 11.1. The number of hydrogen-bond donors (Lipinski definition) is 0. The lowest BCUT2D eigenvalue weighted by atomic mass is 10.1. The van der Waals surface area contributed by atoms with Gasteiger partial charge in [-0.15, -0.1) is 0 Å². The second-order valence-electron chi connectivity index (χ2n) is 10.3. The Labute approximate surface area is 238 Å². The van der Waals surface area contributed by atoms with E-state index in [2.05, 4.69) is 13.8 Å². The molecule has 0 spiro atoms. The monoisotopic (exact) mass is 541 g/mol. The van der Waals surface area contributed by atoms with Crippen LogP contribution in [0.3, 0.4) is 0 Å². The van der Waals surface area contributed by atoms with Crippen molar-refractivity contribution in [1.29, 1.82) is 0 Å². The summed E-state index contributed by atoms with van der Waals surface area (Å²) in [7, 11) is 0. The molecule has 0 N–H and O–H groups in total. The van der Waals surface area contributed by atoms with Crippen molar-refractivity contribution in [2.75, 3.05) is 6.61 Å². The average molecular weight is 542 g/mol. The molecule has 4 aromatic rings. The first kappa shape index (κ1) is 29.3. The molecule has 0 atom stereocenters. The smallest absolute Gasteiger partial charge is 0.297 e. The fourth-order valence-electron chi connectivity index (χ4n) is 4.80. The number of rotatable bonds is 17. The van der Waals surface area contributed by atoms with Gasteiger partial charge in [-0.05, 0) is 36.1 Å². The first-order valence-electron chi connectivity index (χ1n) is 14.9. The Kier molecular flexibility index (Phi) is 11.5. The van der Waals surface area contributed by atoms with Gasteiger partial charge in [0.2, 0.25) is 5.75 Å². The van der Waals surface area contributed by atoms with E-state index in [4.69, 9.17) is 14.2 Å². The van der Waals surface area contributed by atoms with Crippen molar-refractivity contribution in [2.45, 2.75) is 85.0 Å². The topological polar surface area (TPSA) is 49.7 Å². The molecule has 5 nitrogen and oxygen atoms in total. The number of unbranched alkanes of at least 4 members (excludes halogenated alkanes) is 6. The van der Waals surface area contributed by atoms with Crippen LogP contribution in [0.25, 0.3) is 10.9 Å². The van der Waals surface area contributed by atoms with Crippen LogP contribution in [0.5, 0.6) is 17.2 Å². The molecule has 212 valence electrons. The maximum Gasteiger partial charge on any atom is 0.297 e. The highest BCUT2D eigenvalue weighted by Crippen LogP contribution is 2.36. The van der Waals surface area contributed by atoms with E-state index in [0.717, 1.165) is 53.5 Å². The van der Waals surface area contributed by atoms with Gasteiger partial charge in [-0.1, -0.05) is 113 Å². The highest BCUT2D eigenvalue weighted by molar-refractivity contribution is 5.89. The van der Waals surface area contributed by atoms with Crippen molar-refractivity contribution in [3.63, 3.8) is 0 Å². The fourth-order valence-corrected chi connectivity index (χ4v) is 4.80. The quantitative estimate of drug-likeness (QED) is 0.125. The minimum absolute atomic E-state index is 0.161. The molecule has 3 aromatic carbocycles. The van der Waals surface area contributed by atoms with Crippen LogP contribution in [0.15, 0.2) is 83.7 Å². The molecule has 0 aliphatic heterocycles. The molecule has 0 radical (unpaired) electrons. The SMILES string of the molecule is CCCCCCCCn1c(=O)c(OCc2ccccc2)c(OCc2ccccc2)c2ccc(OCCCC)cc21. The van der Waals surface area contributed by atoms with Crippen LogP contribution in [0.2, 0.25) is 0 Å². The predicted molar refractivity (Wildman–Crippen MR) is 164 cm³/mol. The minimum atomic E-state index is -0.161. The van der Waals surface area contributed by atoms with E-state index in [1.807, 2.05) is 83.4 Å². The summed E-state index contributed by atoms with van der Waals surface area (Å²) in [4.78, 5) is 14.1. The van der Waals surface area contributed by atoms with Crippen molar-refractivity contribution in [2.24, 2.45) is 0 Å². The largest absolute Gasteiger partial charge is 0.494 e. The van der Waals surface area contributed by atoms with Gasteiger partial charge in [0.1, 0.15) is 19.0 Å². The third kappa shape index (κ3) is 8.14. The first-order valence-corrected chi connectivity index (χ1v) is 14.9. The molecule has 0 fully saturated rings. The number of benzene rings is 3. The summed E-state index contributed by atoms with van der Waals surface area (Å²) in [5.41, 5.74) is 2.69. The van der Waals surface area contributed by atoms with E-state index in [9.17, 15) is 4.79 Å². The van der Waals surface area contributed by atoms with E-state index in [0.29, 0.717) is 32.1 Å². The van der Waals surface area contributed by atoms with Crippen LogP contribution < -0.4 is 19.8 Å². The molecular weight excluding hydrogens is 498 g/mol. The number of hydrogen-bond acceptors (Lipinski definition) is 4. The highest BCUT2D eigenvalue weighted by atomic mass is 16.5. The molecule has 40 heavy (non-hydrogen) atoms. The first-order chi connectivity index (χ1) is 19.7. The van der Waals surface area contributed by atoms with Crippen LogP contribution in [-0.2, 0) is 19.8 Å². The van der Waals surface area contributed by atoms with Crippen molar-refractivity contribution < 1.29 is 14.2 Å². The number of fused-ring (bicyclic) bond motifs is 1. The molecule has 0 bridgehead atoms. The Morgan fingerprint density at radius 3 is 1.88 bits per heavy atom. The molecule has 0 aliphatic rings. The second kappa shape index (κ2) is 15.8. The summed E-state index contributed by atoms with van der Waals surface area (Å²) in [6, 6.07) is 25.9. The molecule has 4 rings (SSSR count). The molecule has 5 heteroatoms. The van der Waals surface area contributed by atoms with Crippen LogP contribution in [0.4, 0.5) is 0 Å². The second-order valence-corrected chi connectivity index (χ2v) is 10.3. The van der Waals surface area contributed by atoms with Crippen molar-refractivity contribution in [3.8, 4) is 17.2 Å². The summed E-state index contributed by atoms with van der Waals surface area (Å²) in [5.74, 6) is 1.51. The van der Waals surface area contributed by atoms with E-state index >= 15 is 0 Å². The Balaban J connectivity index is 1.73. The number of aryl methyl sites for hydroxylation is 1. The van der Waals surface area contributed by atoms with E-state index in [1.54, 1.807) is 0 Å². The summed E-state index contributed by atoms with van der Waals surface area (Å²) in [5, 5.41) is 0.854. The lowest BCUT2D eigenvalue weighted by Crippen LogP contribution is -2.24. The van der Waals surface area contributed by atoms with E-state index in [-0.39, 0.29) is 11.3 Å². The Bertz CT molecular complexity index is 1370. The number of nitrogens with zero attached hydrogens (tertiary/aromatic N) is 1. The van der Waals surface area contributed by atoms with Crippen LogP contribution >= 0.6 is 0 Å². The summed E-state index contributed by atoms with van der Waals surface area (Å²) >= 11 is 0. The lowest BCUT2D eigenvalue weighted by Gasteiger charge is -2.20. The van der Waals surface area contributed by atoms with Gasteiger partial charge in [0.25, 0.3) is 5.56 Å². The van der Waals surface area contributed by atoms with Gasteiger partial charge in [0, 0.05) is 18.0 Å². The average Bonchev–Trinajstić information content (AvgIpc) is 2.99. The predicted octanol–water partition coefficient (Wildman–Crippen LogP) is 8.70. The van der Waals surface area contributed by atoms with Gasteiger partial charge in [-0.3, -0.25) is 4.79 Å². The van der Waals surface area contributed by atoms with Crippen LogP contribution in [-0.4, -0.2) is 11.2 Å². The Hall–Kier alpha value is -3.73. The zero-order valence-corrected chi connectivity index (χ0v) is 24.1. The lowest BCUT2D eigenvalue weighted by molar-refractivity contribution is 0.253. The Morgan fingerprint density at radius 2 is 1.23 bits per heavy atom. The van der Waals surface area contributed by atoms with Gasteiger partial charge in [-0.25, -0.2) is 0 Å². The molecule has 0 saturated carbocycles. The summed E-state index contributed by atoms with van der Waals surface area (Å²) in [6.45, 7) is 6.28. The zero-order chi connectivity index (χ0) is 28.0.